The number of nitrogens with two attached hydrogens (primary N) is 1. The van der Waals surface area contributed by atoms with Gasteiger partial charge in [0.15, 0.2) is 0 Å². The average molecular weight is 272 g/mol. The minimum Gasteiger partial charge on any atom is -0.339 e. The van der Waals surface area contributed by atoms with E-state index in [1.54, 1.807) is 0 Å². The molecule has 1 aromatic carbocycles. The highest BCUT2D eigenvalue weighted by atomic mass is 16.2. The van der Waals surface area contributed by atoms with Gasteiger partial charge in [0.1, 0.15) is 0 Å². The number of likely N-dealkylation sites (tertiary alicyclic amines) is 1. The zero-order chi connectivity index (χ0) is 14.1. The van der Waals surface area contributed by atoms with Crippen LogP contribution in [-0.2, 0) is 4.79 Å². The van der Waals surface area contributed by atoms with Gasteiger partial charge in [-0.1, -0.05) is 30.3 Å². The van der Waals surface area contributed by atoms with Crippen molar-refractivity contribution in [3.63, 3.8) is 0 Å². The average Bonchev–Trinajstić information content (AvgIpc) is 3.05. The predicted molar refractivity (Wildman–Crippen MR) is 80.3 cm³/mol. The highest BCUT2D eigenvalue weighted by molar-refractivity contribution is 5.80. The maximum atomic E-state index is 12.7. The molecule has 0 radical (unpaired) electrons. The Bertz CT molecular complexity index is 473. The fourth-order valence-electron chi connectivity index (χ4n) is 3.87. The molecule has 4 atom stereocenters. The number of benzene rings is 1. The van der Waals surface area contributed by atoms with Crippen LogP contribution in [0, 0.1) is 5.92 Å². The molecule has 0 spiro atoms. The highest BCUT2D eigenvalue weighted by Crippen LogP contribution is 2.36. The Morgan fingerprint density at radius 2 is 1.95 bits per heavy atom. The predicted octanol–water partition coefficient (Wildman–Crippen LogP) is 2.52. The summed E-state index contributed by atoms with van der Waals surface area (Å²) in [5.74, 6) is 0.987. The Balaban J connectivity index is 1.69. The van der Waals surface area contributed by atoms with Crippen molar-refractivity contribution in [2.75, 3.05) is 6.54 Å². The number of carbonyl (C=O) groups excluding carboxylic acids is 1. The SMILES string of the molecule is C[C@@H]1[C@H](c2ccccc2)CCN1C(=O)[C@H]1CC[C@H](N)C1. The van der Waals surface area contributed by atoms with Crippen molar-refractivity contribution in [1.29, 1.82) is 0 Å². The molecular weight excluding hydrogens is 248 g/mol. The summed E-state index contributed by atoms with van der Waals surface area (Å²) >= 11 is 0. The molecule has 2 N–H and O–H groups in total. The summed E-state index contributed by atoms with van der Waals surface area (Å²) in [6.45, 7) is 3.09. The fourth-order valence-corrected chi connectivity index (χ4v) is 3.87. The first-order valence-electron chi connectivity index (χ1n) is 7.78. The van der Waals surface area contributed by atoms with Crippen LogP contribution in [0.4, 0.5) is 0 Å². The topological polar surface area (TPSA) is 46.3 Å². The van der Waals surface area contributed by atoms with Crippen LogP contribution in [0.2, 0.25) is 0 Å². The van der Waals surface area contributed by atoms with Crippen LogP contribution >= 0.6 is 0 Å². The van der Waals surface area contributed by atoms with E-state index in [0.717, 1.165) is 32.2 Å². The van der Waals surface area contributed by atoms with Gasteiger partial charge in [0.2, 0.25) is 5.91 Å². The number of carbonyl (C=O) groups is 1. The van der Waals surface area contributed by atoms with Crippen LogP contribution in [0.1, 0.15) is 44.1 Å². The van der Waals surface area contributed by atoms with Gasteiger partial charge in [-0.25, -0.2) is 0 Å². The van der Waals surface area contributed by atoms with Crippen LogP contribution in [0.25, 0.3) is 0 Å². The molecule has 3 nitrogen and oxygen atoms in total. The van der Waals surface area contributed by atoms with E-state index in [1.165, 1.54) is 5.56 Å². The second kappa shape index (κ2) is 5.57. The van der Waals surface area contributed by atoms with E-state index in [-0.39, 0.29) is 12.0 Å². The Morgan fingerprint density at radius 1 is 1.20 bits per heavy atom. The summed E-state index contributed by atoms with van der Waals surface area (Å²) in [7, 11) is 0. The number of amides is 1. The Hall–Kier alpha value is -1.35. The van der Waals surface area contributed by atoms with Gasteiger partial charge in [0.05, 0.1) is 0 Å². The van der Waals surface area contributed by atoms with E-state index >= 15 is 0 Å². The number of nitrogens with zero attached hydrogens (tertiary/aromatic N) is 1. The summed E-state index contributed by atoms with van der Waals surface area (Å²) in [5, 5.41) is 0. The molecule has 0 bridgehead atoms. The van der Waals surface area contributed by atoms with Gasteiger partial charge < -0.3 is 10.6 Å². The highest BCUT2D eigenvalue weighted by Gasteiger charge is 2.39. The van der Waals surface area contributed by atoms with Gasteiger partial charge in [-0.2, -0.15) is 0 Å². The standard InChI is InChI=1S/C17H24N2O/c1-12-16(13-5-3-2-4-6-13)9-10-19(12)17(20)14-7-8-15(18)11-14/h2-6,12,14-16H,7-11,18H2,1H3/t12-,14+,15+,16-/m1/s1. The van der Waals surface area contributed by atoms with Gasteiger partial charge in [-0.3, -0.25) is 4.79 Å². The molecule has 0 aromatic heterocycles. The lowest BCUT2D eigenvalue weighted by atomic mass is 9.92. The molecule has 2 aliphatic rings. The van der Waals surface area contributed by atoms with Crippen molar-refractivity contribution < 1.29 is 4.79 Å². The third-order valence-electron chi connectivity index (χ3n) is 5.09. The summed E-state index contributed by atoms with van der Waals surface area (Å²) in [4.78, 5) is 14.7. The Morgan fingerprint density at radius 3 is 2.60 bits per heavy atom. The van der Waals surface area contributed by atoms with E-state index < -0.39 is 0 Å². The molecule has 3 heteroatoms. The molecule has 1 aromatic rings. The van der Waals surface area contributed by atoms with Gasteiger partial charge >= 0.3 is 0 Å². The van der Waals surface area contributed by atoms with Gasteiger partial charge in [0, 0.05) is 30.5 Å². The molecule has 108 valence electrons. The molecule has 1 heterocycles. The third-order valence-corrected chi connectivity index (χ3v) is 5.09. The molecule has 1 aliphatic heterocycles. The van der Waals surface area contributed by atoms with Crippen molar-refractivity contribution in [1.82, 2.24) is 4.90 Å². The van der Waals surface area contributed by atoms with Crippen molar-refractivity contribution in [2.24, 2.45) is 11.7 Å². The van der Waals surface area contributed by atoms with Crippen LogP contribution in [0.15, 0.2) is 30.3 Å². The van der Waals surface area contributed by atoms with E-state index in [2.05, 4.69) is 36.1 Å². The fraction of sp³-hybridized carbons (Fsp3) is 0.588. The normalized spacial score (nSPS) is 33.6. The van der Waals surface area contributed by atoms with Crippen molar-refractivity contribution in [2.45, 2.75) is 50.6 Å². The zero-order valence-corrected chi connectivity index (χ0v) is 12.2. The lowest BCUT2D eigenvalue weighted by Crippen LogP contribution is -2.39. The molecule has 1 saturated heterocycles. The minimum absolute atomic E-state index is 0.168. The van der Waals surface area contributed by atoms with Crippen LogP contribution in [0.5, 0.6) is 0 Å². The van der Waals surface area contributed by atoms with Crippen molar-refractivity contribution in [3.05, 3.63) is 35.9 Å². The Kier molecular flexibility index (Phi) is 3.79. The number of hydrogen-bond donors (Lipinski definition) is 1. The lowest BCUT2D eigenvalue weighted by molar-refractivity contribution is -0.136. The largest absolute Gasteiger partial charge is 0.339 e. The Labute approximate surface area is 121 Å². The van der Waals surface area contributed by atoms with E-state index in [9.17, 15) is 4.79 Å². The van der Waals surface area contributed by atoms with Crippen LogP contribution in [-0.4, -0.2) is 29.4 Å². The second-order valence-electron chi connectivity index (χ2n) is 6.35. The second-order valence-corrected chi connectivity index (χ2v) is 6.35. The number of rotatable bonds is 2. The van der Waals surface area contributed by atoms with E-state index in [4.69, 9.17) is 5.73 Å². The van der Waals surface area contributed by atoms with E-state index in [0.29, 0.717) is 17.9 Å². The lowest BCUT2D eigenvalue weighted by Gasteiger charge is -2.27. The smallest absolute Gasteiger partial charge is 0.226 e. The minimum atomic E-state index is 0.168. The van der Waals surface area contributed by atoms with Crippen LogP contribution in [0.3, 0.4) is 0 Å². The maximum Gasteiger partial charge on any atom is 0.226 e. The molecule has 2 fully saturated rings. The summed E-state index contributed by atoms with van der Waals surface area (Å²) in [5.41, 5.74) is 7.30. The molecule has 3 rings (SSSR count). The molecule has 1 aliphatic carbocycles. The van der Waals surface area contributed by atoms with Gasteiger partial charge in [0.25, 0.3) is 0 Å². The van der Waals surface area contributed by atoms with Gasteiger partial charge in [-0.15, -0.1) is 0 Å². The molecule has 0 unspecified atom stereocenters. The quantitative estimate of drug-likeness (QED) is 0.899. The molecule has 20 heavy (non-hydrogen) atoms. The monoisotopic (exact) mass is 272 g/mol. The summed E-state index contributed by atoms with van der Waals surface area (Å²) in [6.07, 6.45) is 3.92. The first-order valence-corrected chi connectivity index (χ1v) is 7.78. The summed E-state index contributed by atoms with van der Waals surface area (Å²) < 4.78 is 0. The third kappa shape index (κ3) is 2.47. The summed E-state index contributed by atoms with van der Waals surface area (Å²) in [6, 6.07) is 11.1. The number of hydrogen-bond acceptors (Lipinski definition) is 2. The van der Waals surface area contributed by atoms with E-state index in [1.807, 2.05) is 6.07 Å². The first-order chi connectivity index (χ1) is 9.66. The van der Waals surface area contributed by atoms with Crippen molar-refractivity contribution >= 4 is 5.91 Å². The first kappa shape index (κ1) is 13.6. The molecular formula is C17H24N2O. The van der Waals surface area contributed by atoms with Crippen molar-refractivity contribution in [3.8, 4) is 0 Å². The maximum absolute atomic E-state index is 12.7. The van der Waals surface area contributed by atoms with Crippen LogP contribution < -0.4 is 5.73 Å². The zero-order valence-electron chi connectivity index (χ0n) is 12.2. The van der Waals surface area contributed by atoms with Gasteiger partial charge in [-0.05, 0) is 38.2 Å². The molecule has 1 saturated carbocycles. The molecule has 1 amide bonds.